The van der Waals surface area contributed by atoms with Gasteiger partial charge in [0.15, 0.2) is 11.3 Å². The average Bonchev–Trinajstić information content (AvgIpc) is 2.61. The van der Waals surface area contributed by atoms with E-state index >= 15 is 0 Å². The molecule has 0 amide bonds. The van der Waals surface area contributed by atoms with Crippen molar-refractivity contribution in [3.05, 3.63) is 46.1 Å². The van der Waals surface area contributed by atoms with Crippen LogP contribution in [-0.2, 0) is 0 Å². The maximum absolute atomic E-state index is 12.9. The number of carboxylic acid groups (broad SMARTS) is 1. The van der Waals surface area contributed by atoms with E-state index in [9.17, 15) is 9.59 Å². The molecule has 0 saturated heterocycles. The van der Waals surface area contributed by atoms with Crippen LogP contribution in [0.2, 0.25) is 0 Å². The molecule has 1 heterocycles. The molecule has 0 aliphatic heterocycles. The van der Waals surface area contributed by atoms with Gasteiger partial charge in [-0.1, -0.05) is 13.8 Å². The highest BCUT2D eigenvalue weighted by atomic mass is 32.2. The Morgan fingerprint density at radius 2 is 2.00 bits per heavy atom. The number of thioether (sulfide) groups is 1. The third-order valence-corrected chi connectivity index (χ3v) is 4.85. The predicted octanol–water partition coefficient (Wildman–Crippen LogP) is 4.79. The van der Waals surface area contributed by atoms with E-state index in [1.807, 2.05) is 12.3 Å². The summed E-state index contributed by atoms with van der Waals surface area (Å²) in [4.78, 5) is 25.0. The van der Waals surface area contributed by atoms with Crippen molar-refractivity contribution >= 4 is 39.7 Å². The second kappa shape index (κ2) is 7.41. The third-order valence-electron chi connectivity index (χ3n) is 4.14. The molecular formula is C20H20O5S. The maximum atomic E-state index is 12.9. The summed E-state index contributed by atoms with van der Waals surface area (Å²) in [6, 6.07) is 7.92. The van der Waals surface area contributed by atoms with Crippen molar-refractivity contribution < 1.29 is 19.1 Å². The molecular weight excluding hydrogens is 352 g/mol. The van der Waals surface area contributed by atoms with E-state index in [-0.39, 0.29) is 16.4 Å². The van der Waals surface area contributed by atoms with Gasteiger partial charge in [-0.2, -0.15) is 0 Å². The number of fused-ring (bicyclic) bond motifs is 2. The molecule has 3 rings (SSSR count). The smallest absolute Gasteiger partial charge is 0.335 e. The second-order valence-corrected chi connectivity index (χ2v) is 7.36. The Labute approximate surface area is 155 Å². The summed E-state index contributed by atoms with van der Waals surface area (Å²) in [5.74, 6) is -0.0388. The van der Waals surface area contributed by atoms with Crippen molar-refractivity contribution in [3.8, 4) is 5.75 Å². The quantitative estimate of drug-likeness (QED) is 0.495. The molecule has 0 atom stereocenters. The monoisotopic (exact) mass is 372 g/mol. The molecule has 0 bridgehead atoms. The van der Waals surface area contributed by atoms with Crippen LogP contribution < -0.4 is 10.2 Å². The van der Waals surface area contributed by atoms with Crippen molar-refractivity contribution in [2.45, 2.75) is 25.2 Å². The molecule has 0 saturated carbocycles. The minimum atomic E-state index is -1.08. The highest BCUT2D eigenvalue weighted by Gasteiger charge is 2.16. The molecule has 3 aromatic rings. The van der Waals surface area contributed by atoms with Gasteiger partial charge in [0.2, 0.25) is 5.43 Å². The molecule has 0 radical (unpaired) electrons. The average molecular weight is 372 g/mol. The normalized spacial score (nSPS) is 11.4. The summed E-state index contributed by atoms with van der Waals surface area (Å²) in [5.41, 5.74) is 0.540. The number of aromatic carboxylic acids is 1. The zero-order valence-electron chi connectivity index (χ0n) is 14.9. The number of carbonyl (C=O) groups is 1. The van der Waals surface area contributed by atoms with Crippen molar-refractivity contribution in [1.29, 1.82) is 0 Å². The summed E-state index contributed by atoms with van der Waals surface area (Å²) in [6.45, 7) is 4.77. The summed E-state index contributed by atoms with van der Waals surface area (Å²) in [5, 5.41) is 9.81. The van der Waals surface area contributed by atoms with E-state index < -0.39 is 5.97 Å². The van der Waals surface area contributed by atoms with Crippen molar-refractivity contribution in [2.24, 2.45) is 5.92 Å². The zero-order valence-corrected chi connectivity index (χ0v) is 15.7. The largest absolute Gasteiger partial charge is 0.490 e. The van der Waals surface area contributed by atoms with E-state index in [1.54, 1.807) is 6.07 Å². The van der Waals surface area contributed by atoms with Crippen LogP contribution in [0, 0.1) is 5.92 Å². The minimum Gasteiger partial charge on any atom is -0.490 e. The molecule has 6 heteroatoms. The summed E-state index contributed by atoms with van der Waals surface area (Å²) in [6.07, 6.45) is 2.81. The zero-order chi connectivity index (χ0) is 18.8. The first-order valence-electron chi connectivity index (χ1n) is 8.35. The summed E-state index contributed by atoms with van der Waals surface area (Å²) in [7, 11) is 0. The topological polar surface area (TPSA) is 76.7 Å². The van der Waals surface area contributed by atoms with Gasteiger partial charge in [-0.3, -0.25) is 4.79 Å². The highest BCUT2D eigenvalue weighted by Crippen LogP contribution is 2.32. The van der Waals surface area contributed by atoms with E-state index in [1.165, 1.54) is 30.0 Å². The van der Waals surface area contributed by atoms with Crippen LogP contribution in [0.4, 0.5) is 0 Å². The number of hydrogen-bond acceptors (Lipinski definition) is 5. The molecule has 1 N–H and O–H groups in total. The number of hydrogen-bond donors (Lipinski definition) is 1. The first kappa shape index (κ1) is 18.3. The molecule has 0 aliphatic carbocycles. The van der Waals surface area contributed by atoms with E-state index in [4.69, 9.17) is 14.3 Å². The standard InChI is InChI=1S/C20H20O5S/c1-11(2)6-7-24-17-10-13(26-3)9-15-18(21)14-8-12(20(22)23)4-5-16(14)25-19(15)17/h4-5,8-11H,6-7H2,1-3H3,(H,22,23). The molecule has 26 heavy (non-hydrogen) atoms. The van der Waals surface area contributed by atoms with Gasteiger partial charge in [0.25, 0.3) is 0 Å². The van der Waals surface area contributed by atoms with E-state index in [0.717, 1.165) is 11.3 Å². The van der Waals surface area contributed by atoms with Crippen molar-refractivity contribution in [3.63, 3.8) is 0 Å². The molecule has 0 spiro atoms. The first-order chi connectivity index (χ1) is 12.4. The highest BCUT2D eigenvalue weighted by molar-refractivity contribution is 7.98. The Kier molecular flexibility index (Phi) is 5.23. The molecule has 5 nitrogen and oxygen atoms in total. The second-order valence-electron chi connectivity index (χ2n) is 6.48. The predicted molar refractivity (Wildman–Crippen MR) is 104 cm³/mol. The van der Waals surface area contributed by atoms with Gasteiger partial charge in [0.1, 0.15) is 5.58 Å². The molecule has 0 aliphatic rings. The number of carboxylic acids is 1. The van der Waals surface area contributed by atoms with Gasteiger partial charge in [0.05, 0.1) is 22.9 Å². The Balaban J connectivity index is 2.22. The van der Waals surface area contributed by atoms with Gasteiger partial charge in [0, 0.05) is 4.90 Å². The lowest BCUT2D eigenvalue weighted by Crippen LogP contribution is -2.07. The number of ether oxygens (including phenoxy) is 1. The van der Waals surface area contributed by atoms with Gasteiger partial charge < -0.3 is 14.3 Å². The molecule has 0 fully saturated rings. The van der Waals surface area contributed by atoms with Crippen molar-refractivity contribution in [1.82, 2.24) is 0 Å². The Hall–Kier alpha value is -2.47. The van der Waals surface area contributed by atoms with Crippen LogP contribution in [0.3, 0.4) is 0 Å². The maximum Gasteiger partial charge on any atom is 0.335 e. The van der Waals surface area contributed by atoms with E-state index in [0.29, 0.717) is 34.8 Å². The lowest BCUT2D eigenvalue weighted by atomic mass is 10.1. The van der Waals surface area contributed by atoms with Crippen LogP contribution in [-0.4, -0.2) is 23.9 Å². The third kappa shape index (κ3) is 3.55. The van der Waals surface area contributed by atoms with Gasteiger partial charge in [-0.15, -0.1) is 11.8 Å². The van der Waals surface area contributed by atoms with Gasteiger partial charge in [-0.05, 0) is 48.9 Å². The van der Waals surface area contributed by atoms with Crippen LogP contribution >= 0.6 is 11.8 Å². The Morgan fingerprint density at radius 3 is 2.65 bits per heavy atom. The number of rotatable bonds is 6. The summed E-state index contributed by atoms with van der Waals surface area (Å²) < 4.78 is 11.8. The summed E-state index contributed by atoms with van der Waals surface area (Å²) >= 11 is 1.51. The lowest BCUT2D eigenvalue weighted by Gasteiger charge is -2.12. The molecule has 136 valence electrons. The van der Waals surface area contributed by atoms with Crippen LogP contribution in [0.25, 0.3) is 21.9 Å². The minimum absolute atomic E-state index is 0.0542. The Morgan fingerprint density at radius 1 is 1.23 bits per heavy atom. The number of benzene rings is 2. The Bertz CT molecular complexity index is 1040. The first-order valence-corrected chi connectivity index (χ1v) is 9.58. The van der Waals surface area contributed by atoms with Crippen LogP contribution in [0.1, 0.15) is 30.6 Å². The fourth-order valence-electron chi connectivity index (χ4n) is 2.67. The fourth-order valence-corrected chi connectivity index (χ4v) is 3.13. The van der Waals surface area contributed by atoms with Crippen molar-refractivity contribution in [2.75, 3.05) is 12.9 Å². The molecule has 0 unspecified atom stereocenters. The fraction of sp³-hybridized carbons (Fsp3) is 0.300. The van der Waals surface area contributed by atoms with E-state index in [2.05, 4.69) is 13.8 Å². The van der Waals surface area contributed by atoms with Crippen LogP contribution in [0.15, 0.2) is 44.4 Å². The van der Waals surface area contributed by atoms with Gasteiger partial charge in [-0.25, -0.2) is 4.79 Å². The van der Waals surface area contributed by atoms with Crippen LogP contribution in [0.5, 0.6) is 5.75 Å². The SMILES string of the molecule is CSc1cc(OCCC(C)C)c2oc3ccc(C(=O)O)cc3c(=O)c2c1. The van der Waals surface area contributed by atoms with Gasteiger partial charge >= 0.3 is 5.97 Å². The molecule has 1 aromatic heterocycles. The lowest BCUT2D eigenvalue weighted by molar-refractivity contribution is 0.0697. The molecule has 2 aromatic carbocycles.